The Morgan fingerprint density at radius 2 is 2.16 bits per heavy atom. The molecule has 1 unspecified atom stereocenters. The molecule has 1 amide bonds. The Labute approximate surface area is 119 Å². The Kier molecular flexibility index (Phi) is 3.84. The molecule has 1 aromatic rings. The van der Waals surface area contributed by atoms with Crippen molar-refractivity contribution in [3.8, 4) is 5.75 Å². The number of benzene rings is 1. The molecule has 104 valence electrons. The van der Waals surface area contributed by atoms with Gasteiger partial charge in [-0.05, 0) is 28.1 Å². The number of sulfonamides is 1. The highest BCUT2D eigenvalue weighted by atomic mass is 79.9. The molecule has 0 bridgehead atoms. The number of carbonyl (C=O) groups excluding carboxylic acids is 1. The quantitative estimate of drug-likeness (QED) is 0.843. The fraction of sp³-hybridized carbons (Fsp3) is 0.364. The zero-order valence-electron chi connectivity index (χ0n) is 9.91. The summed E-state index contributed by atoms with van der Waals surface area (Å²) < 4.78 is 22.7. The lowest BCUT2D eigenvalue weighted by atomic mass is 10.1. The van der Waals surface area contributed by atoms with Crippen molar-refractivity contribution in [3.63, 3.8) is 0 Å². The van der Waals surface area contributed by atoms with E-state index < -0.39 is 10.0 Å². The minimum Gasteiger partial charge on any atom is -0.506 e. The van der Waals surface area contributed by atoms with E-state index in [2.05, 4.69) is 15.9 Å². The summed E-state index contributed by atoms with van der Waals surface area (Å²) in [4.78, 5) is 13.3. The first kappa shape index (κ1) is 14.3. The number of rotatable bonds is 3. The summed E-state index contributed by atoms with van der Waals surface area (Å²) in [5.74, 6) is -0.843. The van der Waals surface area contributed by atoms with Crippen LogP contribution in [-0.2, 0) is 14.8 Å². The number of aromatic hydroxyl groups is 1. The number of anilines is 1. The van der Waals surface area contributed by atoms with Crippen LogP contribution in [-0.4, -0.2) is 31.7 Å². The second-order valence-electron chi connectivity index (χ2n) is 4.51. The van der Waals surface area contributed by atoms with E-state index in [0.29, 0.717) is 10.2 Å². The van der Waals surface area contributed by atoms with E-state index in [0.717, 1.165) is 0 Å². The number of hydrogen-bond acceptors (Lipinski definition) is 4. The van der Waals surface area contributed by atoms with Gasteiger partial charge >= 0.3 is 0 Å². The van der Waals surface area contributed by atoms with Gasteiger partial charge in [0.2, 0.25) is 15.9 Å². The molecule has 0 spiro atoms. The standard InChI is InChI=1S/C11H13BrN2O4S/c12-8-2-1-3-9(15)11(8)14-5-7(4-10(14)16)6-19(13,17)18/h1-3,7,15H,4-6H2,(H2,13,17,18). The van der Waals surface area contributed by atoms with Crippen LogP contribution in [0.1, 0.15) is 6.42 Å². The number of primary sulfonamides is 1. The molecular weight excluding hydrogens is 336 g/mol. The first-order chi connectivity index (χ1) is 8.78. The first-order valence-electron chi connectivity index (χ1n) is 5.56. The van der Waals surface area contributed by atoms with E-state index in [4.69, 9.17) is 5.14 Å². The summed E-state index contributed by atoms with van der Waals surface area (Å²) in [5, 5.41) is 14.8. The van der Waals surface area contributed by atoms with Gasteiger partial charge in [0.05, 0.1) is 5.75 Å². The third-order valence-electron chi connectivity index (χ3n) is 2.91. The van der Waals surface area contributed by atoms with E-state index >= 15 is 0 Å². The largest absolute Gasteiger partial charge is 0.506 e. The van der Waals surface area contributed by atoms with Gasteiger partial charge < -0.3 is 10.0 Å². The number of nitrogens with zero attached hydrogens (tertiary/aromatic N) is 1. The Balaban J connectivity index is 2.26. The monoisotopic (exact) mass is 348 g/mol. The van der Waals surface area contributed by atoms with E-state index in [9.17, 15) is 18.3 Å². The third kappa shape index (κ3) is 3.26. The zero-order valence-corrected chi connectivity index (χ0v) is 12.3. The molecule has 0 saturated carbocycles. The predicted molar refractivity (Wildman–Crippen MR) is 74.2 cm³/mol. The molecule has 0 radical (unpaired) electrons. The number of hydrogen-bond donors (Lipinski definition) is 2. The van der Waals surface area contributed by atoms with Gasteiger partial charge in [-0.1, -0.05) is 6.07 Å². The number of nitrogens with two attached hydrogens (primary N) is 1. The fourth-order valence-corrected chi connectivity index (χ4v) is 3.66. The van der Waals surface area contributed by atoms with Gasteiger partial charge in [0.1, 0.15) is 11.4 Å². The maximum absolute atomic E-state index is 11.9. The number of carbonyl (C=O) groups is 1. The second-order valence-corrected chi connectivity index (χ2v) is 7.02. The van der Waals surface area contributed by atoms with Crippen LogP contribution in [0.2, 0.25) is 0 Å². The third-order valence-corrected chi connectivity index (χ3v) is 4.48. The predicted octanol–water partition coefficient (Wildman–Crippen LogP) is 0.796. The van der Waals surface area contributed by atoms with Crippen molar-refractivity contribution in [2.24, 2.45) is 11.1 Å². The molecule has 6 nitrogen and oxygen atoms in total. The van der Waals surface area contributed by atoms with Crippen LogP contribution in [0.5, 0.6) is 5.75 Å². The molecule has 3 N–H and O–H groups in total. The molecule has 1 aliphatic heterocycles. The number of phenols is 1. The second kappa shape index (κ2) is 5.10. The average molecular weight is 349 g/mol. The molecule has 0 aliphatic carbocycles. The molecule has 0 aromatic heterocycles. The highest BCUT2D eigenvalue weighted by Gasteiger charge is 2.34. The van der Waals surface area contributed by atoms with Crippen molar-refractivity contribution >= 4 is 37.5 Å². The van der Waals surface area contributed by atoms with Gasteiger partial charge in [-0.2, -0.15) is 0 Å². The Morgan fingerprint density at radius 1 is 1.47 bits per heavy atom. The van der Waals surface area contributed by atoms with Gasteiger partial charge in [-0.15, -0.1) is 0 Å². The summed E-state index contributed by atoms with van der Waals surface area (Å²) in [6.07, 6.45) is 0.108. The van der Waals surface area contributed by atoms with Crippen LogP contribution in [0.25, 0.3) is 0 Å². The van der Waals surface area contributed by atoms with Gasteiger partial charge in [0.15, 0.2) is 0 Å². The van der Waals surface area contributed by atoms with Crippen LogP contribution in [0, 0.1) is 5.92 Å². The van der Waals surface area contributed by atoms with Crippen LogP contribution in [0.3, 0.4) is 0 Å². The molecule has 2 rings (SSSR count). The minimum absolute atomic E-state index is 0.0287. The van der Waals surface area contributed by atoms with Crippen LogP contribution in [0.15, 0.2) is 22.7 Å². The lowest BCUT2D eigenvalue weighted by Crippen LogP contribution is -2.27. The van der Waals surface area contributed by atoms with Gasteiger partial charge in [-0.25, -0.2) is 13.6 Å². The summed E-state index contributed by atoms with van der Waals surface area (Å²) >= 11 is 3.27. The molecule has 1 fully saturated rings. The lowest BCUT2D eigenvalue weighted by molar-refractivity contribution is -0.117. The average Bonchev–Trinajstić information content (AvgIpc) is 2.56. The SMILES string of the molecule is NS(=O)(=O)CC1CC(=O)N(c2c(O)cccc2Br)C1. The Morgan fingerprint density at radius 3 is 2.74 bits per heavy atom. The minimum atomic E-state index is -3.61. The van der Waals surface area contributed by atoms with Crippen molar-refractivity contribution in [1.82, 2.24) is 0 Å². The van der Waals surface area contributed by atoms with Crippen LogP contribution < -0.4 is 10.0 Å². The lowest BCUT2D eigenvalue weighted by Gasteiger charge is -2.19. The van der Waals surface area contributed by atoms with Crippen molar-refractivity contribution in [2.45, 2.75) is 6.42 Å². The maximum atomic E-state index is 11.9. The van der Waals surface area contributed by atoms with Crippen LogP contribution >= 0.6 is 15.9 Å². The summed E-state index contributed by atoms with van der Waals surface area (Å²) in [5.41, 5.74) is 0.365. The summed E-state index contributed by atoms with van der Waals surface area (Å²) in [6.45, 7) is 0.228. The smallest absolute Gasteiger partial charge is 0.227 e. The normalized spacial score (nSPS) is 20.0. The molecule has 1 atom stereocenters. The summed E-state index contributed by atoms with van der Waals surface area (Å²) in [7, 11) is -3.61. The van der Waals surface area contributed by atoms with E-state index in [-0.39, 0.29) is 36.3 Å². The maximum Gasteiger partial charge on any atom is 0.227 e. The molecule has 19 heavy (non-hydrogen) atoms. The van der Waals surface area contributed by atoms with Crippen molar-refractivity contribution in [1.29, 1.82) is 0 Å². The fourth-order valence-electron chi connectivity index (χ4n) is 2.21. The van der Waals surface area contributed by atoms with E-state index in [1.165, 1.54) is 11.0 Å². The molecular formula is C11H13BrN2O4S. The van der Waals surface area contributed by atoms with Crippen LogP contribution in [0.4, 0.5) is 5.69 Å². The molecule has 8 heteroatoms. The topological polar surface area (TPSA) is 101 Å². The summed E-state index contributed by atoms with van der Waals surface area (Å²) in [6, 6.07) is 4.82. The van der Waals surface area contributed by atoms with Crippen molar-refractivity contribution < 1.29 is 18.3 Å². The van der Waals surface area contributed by atoms with E-state index in [1.807, 2.05) is 0 Å². The Hall–Kier alpha value is -1.12. The molecule has 1 saturated heterocycles. The number of amides is 1. The van der Waals surface area contributed by atoms with Crippen molar-refractivity contribution in [3.05, 3.63) is 22.7 Å². The van der Waals surface area contributed by atoms with Gasteiger partial charge in [0.25, 0.3) is 0 Å². The Bertz CT molecular complexity index is 597. The van der Waals surface area contributed by atoms with Gasteiger partial charge in [-0.3, -0.25) is 4.79 Å². The highest BCUT2D eigenvalue weighted by molar-refractivity contribution is 9.10. The number of para-hydroxylation sites is 1. The molecule has 1 aromatic carbocycles. The van der Waals surface area contributed by atoms with Gasteiger partial charge in [0, 0.05) is 23.4 Å². The first-order valence-corrected chi connectivity index (χ1v) is 8.07. The molecule has 1 aliphatic rings. The number of phenolic OH excluding ortho intramolecular Hbond substituents is 1. The number of halogens is 1. The highest BCUT2D eigenvalue weighted by Crippen LogP contribution is 2.38. The molecule has 1 heterocycles. The zero-order chi connectivity index (χ0) is 14.2. The van der Waals surface area contributed by atoms with Crippen molar-refractivity contribution in [2.75, 3.05) is 17.2 Å². The van der Waals surface area contributed by atoms with E-state index in [1.54, 1.807) is 12.1 Å².